The lowest BCUT2D eigenvalue weighted by Gasteiger charge is -2.34. The van der Waals surface area contributed by atoms with Gasteiger partial charge in [-0.15, -0.1) is 0 Å². The molecule has 0 bridgehead atoms. The molecule has 3 unspecified atom stereocenters. The maximum Gasteiger partial charge on any atom is 0.0900 e. The Balaban J connectivity index is 1.35. The van der Waals surface area contributed by atoms with E-state index in [-0.39, 0.29) is 6.10 Å². The zero-order valence-corrected chi connectivity index (χ0v) is 14.4. The summed E-state index contributed by atoms with van der Waals surface area (Å²) in [5.41, 5.74) is 1.17. The second kappa shape index (κ2) is 9.37. The van der Waals surface area contributed by atoms with Gasteiger partial charge in [-0.3, -0.25) is 4.90 Å². The molecule has 5 heteroatoms. The summed E-state index contributed by atoms with van der Waals surface area (Å²) in [7, 11) is 0. The van der Waals surface area contributed by atoms with Gasteiger partial charge in [0.25, 0.3) is 0 Å². The number of ether oxygens (including phenoxy) is 2. The molecule has 2 N–H and O–H groups in total. The molecular weight excluding hydrogens is 304 g/mol. The second-order valence-corrected chi connectivity index (χ2v) is 6.94. The number of nitrogens with one attached hydrogen (secondary N) is 1. The predicted octanol–water partition coefficient (Wildman–Crippen LogP) is 2.12. The number of nitrogens with zero attached hydrogens (tertiary/aromatic N) is 1. The Morgan fingerprint density at radius 3 is 2.92 bits per heavy atom. The number of rotatable bonds is 8. The molecular formula is C19H30N2O3. The van der Waals surface area contributed by atoms with E-state index >= 15 is 0 Å². The van der Waals surface area contributed by atoms with Crippen LogP contribution in [-0.2, 0) is 9.47 Å². The molecule has 2 aliphatic rings. The highest BCUT2D eigenvalue weighted by Gasteiger charge is 2.22. The van der Waals surface area contributed by atoms with Gasteiger partial charge in [-0.1, -0.05) is 18.2 Å². The number of likely N-dealkylation sites (tertiary alicyclic amines) is 1. The summed E-state index contributed by atoms with van der Waals surface area (Å²) in [6, 6.07) is 10.8. The van der Waals surface area contributed by atoms with E-state index in [2.05, 4.69) is 34.5 Å². The van der Waals surface area contributed by atoms with Crippen molar-refractivity contribution in [3.63, 3.8) is 0 Å². The molecule has 24 heavy (non-hydrogen) atoms. The van der Waals surface area contributed by atoms with E-state index in [0.717, 1.165) is 39.0 Å². The van der Waals surface area contributed by atoms with E-state index in [4.69, 9.17) is 9.47 Å². The number of piperidine rings is 1. The zero-order chi connectivity index (χ0) is 16.6. The molecule has 0 spiro atoms. The molecule has 0 saturated carbocycles. The number of hydrogen-bond donors (Lipinski definition) is 2. The van der Waals surface area contributed by atoms with Crippen molar-refractivity contribution in [2.24, 2.45) is 0 Å². The number of para-hydroxylation sites is 1. The van der Waals surface area contributed by atoms with Crippen molar-refractivity contribution >= 4 is 5.69 Å². The molecule has 0 aromatic heterocycles. The van der Waals surface area contributed by atoms with Crippen LogP contribution in [0, 0.1) is 0 Å². The van der Waals surface area contributed by atoms with Crippen LogP contribution in [0.2, 0.25) is 0 Å². The van der Waals surface area contributed by atoms with Gasteiger partial charge in [0.15, 0.2) is 0 Å². The van der Waals surface area contributed by atoms with E-state index < -0.39 is 6.10 Å². The van der Waals surface area contributed by atoms with Crippen LogP contribution in [0.5, 0.6) is 0 Å². The van der Waals surface area contributed by atoms with Gasteiger partial charge >= 0.3 is 0 Å². The first kappa shape index (κ1) is 17.7. The highest BCUT2D eigenvalue weighted by molar-refractivity contribution is 5.43. The lowest BCUT2D eigenvalue weighted by atomic mass is 10.0. The molecule has 1 aromatic rings. The summed E-state index contributed by atoms with van der Waals surface area (Å²) in [5.74, 6) is 0. The quantitative estimate of drug-likeness (QED) is 0.763. The van der Waals surface area contributed by atoms with Crippen molar-refractivity contribution in [1.82, 2.24) is 4.90 Å². The Labute approximate surface area is 144 Å². The Hall–Kier alpha value is -1.14. The molecule has 0 aliphatic carbocycles. The Morgan fingerprint density at radius 2 is 2.12 bits per heavy atom. The first-order valence-electron chi connectivity index (χ1n) is 9.21. The van der Waals surface area contributed by atoms with Crippen molar-refractivity contribution in [3.8, 4) is 0 Å². The van der Waals surface area contributed by atoms with Crippen LogP contribution in [0.15, 0.2) is 30.3 Å². The monoisotopic (exact) mass is 334 g/mol. The minimum atomic E-state index is -0.429. The number of benzene rings is 1. The lowest BCUT2D eigenvalue weighted by Crippen LogP contribution is -2.45. The van der Waals surface area contributed by atoms with Gasteiger partial charge in [0, 0.05) is 31.4 Å². The van der Waals surface area contributed by atoms with E-state index in [9.17, 15) is 5.11 Å². The average Bonchev–Trinajstić information content (AvgIpc) is 3.09. The van der Waals surface area contributed by atoms with Crippen LogP contribution in [0.4, 0.5) is 5.69 Å². The molecule has 3 rings (SSSR count). The summed E-state index contributed by atoms with van der Waals surface area (Å²) in [4.78, 5) is 2.34. The predicted molar refractivity (Wildman–Crippen MR) is 95.3 cm³/mol. The number of β-amino-alcohol motifs (C(OH)–C–C–N with tert-alkyl or cyclic N) is 1. The van der Waals surface area contributed by atoms with Gasteiger partial charge in [-0.05, 0) is 44.4 Å². The van der Waals surface area contributed by atoms with Crippen LogP contribution >= 0.6 is 0 Å². The fraction of sp³-hybridized carbons (Fsp3) is 0.684. The third kappa shape index (κ3) is 5.74. The molecule has 2 fully saturated rings. The van der Waals surface area contributed by atoms with E-state index in [0.29, 0.717) is 25.8 Å². The van der Waals surface area contributed by atoms with Crippen molar-refractivity contribution in [1.29, 1.82) is 0 Å². The third-order valence-electron chi connectivity index (χ3n) is 4.76. The summed E-state index contributed by atoms with van der Waals surface area (Å²) < 4.78 is 11.2. The molecule has 5 nitrogen and oxygen atoms in total. The van der Waals surface area contributed by atoms with Crippen LogP contribution < -0.4 is 5.32 Å². The zero-order valence-electron chi connectivity index (χ0n) is 14.4. The highest BCUT2D eigenvalue weighted by Crippen LogP contribution is 2.16. The third-order valence-corrected chi connectivity index (χ3v) is 4.76. The second-order valence-electron chi connectivity index (χ2n) is 6.94. The Bertz CT molecular complexity index is 465. The minimum absolute atomic E-state index is 0.228. The van der Waals surface area contributed by atoms with Gasteiger partial charge in [0.1, 0.15) is 0 Å². The summed E-state index contributed by atoms with van der Waals surface area (Å²) in [6.45, 7) is 4.55. The van der Waals surface area contributed by atoms with Gasteiger partial charge in [0.05, 0.1) is 25.4 Å². The molecule has 134 valence electrons. The average molecular weight is 334 g/mol. The molecule has 2 saturated heterocycles. The fourth-order valence-electron chi connectivity index (χ4n) is 3.57. The van der Waals surface area contributed by atoms with Gasteiger partial charge in [-0.25, -0.2) is 0 Å². The molecule has 3 atom stereocenters. The summed E-state index contributed by atoms with van der Waals surface area (Å²) in [6.07, 6.45) is 4.34. The molecule has 2 heterocycles. The smallest absolute Gasteiger partial charge is 0.0900 e. The van der Waals surface area contributed by atoms with E-state index in [1.54, 1.807) is 0 Å². The lowest BCUT2D eigenvalue weighted by molar-refractivity contribution is -0.0266. The van der Waals surface area contributed by atoms with Gasteiger partial charge < -0.3 is 19.9 Å². The number of anilines is 1. The van der Waals surface area contributed by atoms with Crippen molar-refractivity contribution in [3.05, 3.63) is 30.3 Å². The van der Waals surface area contributed by atoms with Crippen LogP contribution in [0.1, 0.15) is 25.7 Å². The van der Waals surface area contributed by atoms with Crippen molar-refractivity contribution in [2.75, 3.05) is 44.8 Å². The van der Waals surface area contributed by atoms with E-state index in [1.165, 1.54) is 12.1 Å². The molecule has 0 amide bonds. The maximum absolute atomic E-state index is 10.2. The topological polar surface area (TPSA) is 54.0 Å². The molecule has 2 aliphatic heterocycles. The SMILES string of the molecule is OC(COCC1CCCO1)CN1CCCC(Nc2ccccc2)C1. The minimum Gasteiger partial charge on any atom is -0.389 e. The van der Waals surface area contributed by atoms with Crippen LogP contribution in [0.3, 0.4) is 0 Å². The van der Waals surface area contributed by atoms with Crippen LogP contribution in [-0.4, -0.2) is 67.7 Å². The summed E-state index contributed by atoms with van der Waals surface area (Å²) in [5, 5.41) is 13.8. The summed E-state index contributed by atoms with van der Waals surface area (Å²) >= 11 is 0. The number of aliphatic hydroxyl groups is 1. The van der Waals surface area contributed by atoms with Crippen LogP contribution in [0.25, 0.3) is 0 Å². The molecule has 1 aromatic carbocycles. The first-order valence-corrected chi connectivity index (χ1v) is 9.21. The van der Waals surface area contributed by atoms with Gasteiger partial charge in [0.2, 0.25) is 0 Å². The maximum atomic E-state index is 10.2. The highest BCUT2D eigenvalue weighted by atomic mass is 16.5. The largest absolute Gasteiger partial charge is 0.389 e. The van der Waals surface area contributed by atoms with Gasteiger partial charge in [-0.2, -0.15) is 0 Å². The Morgan fingerprint density at radius 1 is 1.25 bits per heavy atom. The van der Waals surface area contributed by atoms with Crippen molar-refractivity contribution in [2.45, 2.75) is 43.9 Å². The standard InChI is InChI=1S/C19H30N2O3/c22-18(14-23-15-19-9-5-11-24-19)13-21-10-4-8-17(12-21)20-16-6-2-1-3-7-16/h1-3,6-7,17-20,22H,4-5,8-15H2. The Kier molecular flexibility index (Phi) is 6.90. The molecule has 0 radical (unpaired) electrons. The van der Waals surface area contributed by atoms with Crippen molar-refractivity contribution < 1.29 is 14.6 Å². The fourth-order valence-corrected chi connectivity index (χ4v) is 3.57. The number of aliphatic hydroxyl groups excluding tert-OH is 1. The first-order chi connectivity index (χ1) is 11.8. The van der Waals surface area contributed by atoms with E-state index in [1.807, 2.05) is 6.07 Å². The number of hydrogen-bond acceptors (Lipinski definition) is 5. The normalized spacial score (nSPS) is 26.4.